The van der Waals surface area contributed by atoms with Crippen molar-refractivity contribution in [1.82, 2.24) is 0 Å². The molecule has 0 spiro atoms. The van der Waals surface area contributed by atoms with Crippen molar-refractivity contribution in [3.05, 3.63) is 84.9 Å². The van der Waals surface area contributed by atoms with Gasteiger partial charge in [0.15, 0.2) is 0 Å². The summed E-state index contributed by atoms with van der Waals surface area (Å²) in [6.45, 7) is 0. The molecule has 4 aromatic carbocycles. The van der Waals surface area contributed by atoms with Crippen molar-refractivity contribution in [2.24, 2.45) is 0 Å². The predicted molar refractivity (Wildman–Crippen MR) is 115 cm³/mol. The van der Waals surface area contributed by atoms with Gasteiger partial charge < -0.3 is 21.7 Å². The summed E-state index contributed by atoms with van der Waals surface area (Å²) >= 11 is 0. The second kappa shape index (κ2) is 7.00. The molecule has 0 bridgehead atoms. The molecule has 4 aromatic rings. The summed E-state index contributed by atoms with van der Waals surface area (Å²) in [6, 6.07) is 25.5. The third-order valence-electron chi connectivity index (χ3n) is 4.73. The third kappa shape index (κ3) is 3.23. The third-order valence-corrected chi connectivity index (χ3v) is 4.73. The standard InChI is InChI=1S/C24H20N2O2/c25-18-9-7-15(8-10-18)21-11-12-22(26)24(17-4-2-6-20(28)14-17)23(21)16-3-1-5-19(27)13-16/h1-14,27-28H,25-26H2. The molecule has 28 heavy (non-hydrogen) atoms. The van der Waals surface area contributed by atoms with Crippen molar-refractivity contribution >= 4 is 11.4 Å². The van der Waals surface area contributed by atoms with Crippen LogP contribution < -0.4 is 11.5 Å². The predicted octanol–water partition coefficient (Wildman–Crippen LogP) is 5.26. The lowest BCUT2D eigenvalue weighted by molar-refractivity contribution is 0.475. The summed E-state index contributed by atoms with van der Waals surface area (Å²) < 4.78 is 0. The maximum Gasteiger partial charge on any atom is 0.116 e. The van der Waals surface area contributed by atoms with E-state index in [4.69, 9.17) is 11.5 Å². The fourth-order valence-corrected chi connectivity index (χ4v) is 3.46. The van der Waals surface area contributed by atoms with Crippen LogP contribution in [-0.4, -0.2) is 10.2 Å². The zero-order chi connectivity index (χ0) is 19.7. The van der Waals surface area contributed by atoms with Crippen LogP contribution in [0.25, 0.3) is 33.4 Å². The number of nitrogens with two attached hydrogens (primary N) is 2. The smallest absolute Gasteiger partial charge is 0.116 e. The van der Waals surface area contributed by atoms with Crippen LogP contribution in [0.2, 0.25) is 0 Å². The van der Waals surface area contributed by atoms with Gasteiger partial charge in [-0.25, -0.2) is 0 Å². The topological polar surface area (TPSA) is 92.5 Å². The summed E-state index contributed by atoms with van der Waals surface area (Å²) in [6.07, 6.45) is 0. The summed E-state index contributed by atoms with van der Waals surface area (Å²) in [4.78, 5) is 0. The van der Waals surface area contributed by atoms with Crippen LogP contribution in [0.4, 0.5) is 11.4 Å². The van der Waals surface area contributed by atoms with Gasteiger partial charge in [0.2, 0.25) is 0 Å². The Morgan fingerprint density at radius 3 is 1.68 bits per heavy atom. The molecule has 0 atom stereocenters. The number of benzene rings is 4. The summed E-state index contributed by atoms with van der Waals surface area (Å²) in [7, 11) is 0. The molecular weight excluding hydrogens is 348 g/mol. The zero-order valence-corrected chi connectivity index (χ0v) is 15.1. The van der Waals surface area contributed by atoms with Crippen molar-refractivity contribution in [3.8, 4) is 44.9 Å². The van der Waals surface area contributed by atoms with Gasteiger partial charge in [-0.3, -0.25) is 0 Å². The normalized spacial score (nSPS) is 10.7. The van der Waals surface area contributed by atoms with Gasteiger partial charge in [-0.1, -0.05) is 42.5 Å². The first-order valence-corrected chi connectivity index (χ1v) is 8.90. The first-order chi connectivity index (χ1) is 13.5. The Labute approximate surface area is 163 Å². The van der Waals surface area contributed by atoms with Gasteiger partial charge >= 0.3 is 0 Å². The molecule has 0 unspecified atom stereocenters. The first kappa shape index (κ1) is 17.5. The van der Waals surface area contributed by atoms with E-state index < -0.39 is 0 Å². The fraction of sp³-hybridized carbons (Fsp3) is 0. The average molecular weight is 368 g/mol. The van der Waals surface area contributed by atoms with E-state index in [1.807, 2.05) is 48.5 Å². The van der Waals surface area contributed by atoms with E-state index in [0.29, 0.717) is 11.4 Å². The SMILES string of the molecule is Nc1ccc(-c2ccc(N)c(-c3cccc(O)c3)c2-c2cccc(O)c2)cc1. The molecule has 0 saturated heterocycles. The van der Waals surface area contributed by atoms with Gasteiger partial charge in [0.05, 0.1) is 0 Å². The molecule has 4 rings (SSSR count). The van der Waals surface area contributed by atoms with Crippen molar-refractivity contribution in [1.29, 1.82) is 0 Å². The molecule has 0 radical (unpaired) electrons. The summed E-state index contributed by atoms with van der Waals surface area (Å²) in [5, 5.41) is 20.1. The van der Waals surface area contributed by atoms with Crippen LogP contribution in [0.5, 0.6) is 11.5 Å². The Morgan fingerprint density at radius 1 is 0.536 bits per heavy atom. The monoisotopic (exact) mass is 368 g/mol. The number of phenols is 2. The molecule has 0 aliphatic carbocycles. The second-order valence-corrected chi connectivity index (χ2v) is 6.68. The number of aromatic hydroxyl groups is 2. The fourth-order valence-electron chi connectivity index (χ4n) is 3.46. The molecule has 0 amide bonds. The van der Waals surface area contributed by atoms with Crippen molar-refractivity contribution < 1.29 is 10.2 Å². The highest BCUT2D eigenvalue weighted by Crippen LogP contribution is 2.44. The quantitative estimate of drug-likeness (QED) is 0.371. The molecular formula is C24H20N2O2. The van der Waals surface area contributed by atoms with Gasteiger partial charge in [-0.05, 0) is 70.3 Å². The number of hydrogen-bond donors (Lipinski definition) is 4. The highest BCUT2D eigenvalue weighted by molar-refractivity contribution is 6.00. The van der Waals surface area contributed by atoms with Crippen LogP contribution >= 0.6 is 0 Å². The van der Waals surface area contributed by atoms with Gasteiger partial charge in [-0.2, -0.15) is 0 Å². The Kier molecular flexibility index (Phi) is 4.38. The summed E-state index contributed by atoms with van der Waals surface area (Å²) in [5.74, 6) is 0.335. The number of rotatable bonds is 3. The molecule has 0 saturated carbocycles. The second-order valence-electron chi connectivity index (χ2n) is 6.68. The Bertz CT molecular complexity index is 1150. The van der Waals surface area contributed by atoms with Crippen LogP contribution in [0.1, 0.15) is 0 Å². The minimum atomic E-state index is 0.164. The van der Waals surface area contributed by atoms with Crippen LogP contribution in [-0.2, 0) is 0 Å². The molecule has 138 valence electrons. The van der Waals surface area contributed by atoms with Crippen LogP contribution in [0.15, 0.2) is 84.9 Å². The average Bonchev–Trinajstić information content (AvgIpc) is 2.68. The molecule has 0 aromatic heterocycles. The first-order valence-electron chi connectivity index (χ1n) is 8.90. The summed E-state index contributed by atoms with van der Waals surface area (Å²) in [5.41, 5.74) is 18.8. The minimum absolute atomic E-state index is 0.164. The molecule has 0 aliphatic heterocycles. The lowest BCUT2D eigenvalue weighted by atomic mass is 9.86. The number of nitrogen functional groups attached to an aromatic ring is 2. The highest BCUT2D eigenvalue weighted by atomic mass is 16.3. The molecule has 4 heteroatoms. The van der Waals surface area contributed by atoms with Crippen LogP contribution in [0, 0.1) is 0 Å². The molecule has 4 nitrogen and oxygen atoms in total. The van der Waals surface area contributed by atoms with Gasteiger partial charge in [0.25, 0.3) is 0 Å². The largest absolute Gasteiger partial charge is 0.508 e. The Hall–Kier alpha value is -3.92. The Balaban J connectivity index is 2.08. The molecule has 0 aliphatic rings. The van der Waals surface area contributed by atoms with E-state index >= 15 is 0 Å². The van der Waals surface area contributed by atoms with E-state index in [9.17, 15) is 10.2 Å². The minimum Gasteiger partial charge on any atom is -0.508 e. The van der Waals surface area contributed by atoms with E-state index in [-0.39, 0.29) is 11.5 Å². The lowest BCUT2D eigenvalue weighted by Crippen LogP contribution is -1.97. The van der Waals surface area contributed by atoms with E-state index in [1.165, 1.54) is 0 Å². The van der Waals surface area contributed by atoms with Gasteiger partial charge in [0.1, 0.15) is 11.5 Å². The maximum atomic E-state index is 10.1. The van der Waals surface area contributed by atoms with E-state index in [2.05, 4.69) is 0 Å². The van der Waals surface area contributed by atoms with E-state index in [1.54, 1.807) is 36.4 Å². The van der Waals surface area contributed by atoms with Crippen LogP contribution in [0.3, 0.4) is 0 Å². The van der Waals surface area contributed by atoms with Gasteiger partial charge in [-0.15, -0.1) is 0 Å². The number of anilines is 2. The van der Waals surface area contributed by atoms with Gasteiger partial charge in [0, 0.05) is 16.9 Å². The molecule has 0 heterocycles. The van der Waals surface area contributed by atoms with Crippen molar-refractivity contribution in [2.75, 3.05) is 11.5 Å². The van der Waals surface area contributed by atoms with Crippen molar-refractivity contribution in [2.45, 2.75) is 0 Å². The van der Waals surface area contributed by atoms with E-state index in [0.717, 1.165) is 33.4 Å². The number of hydrogen-bond acceptors (Lipinski definition) is 4. The molecule has 6 N–H and O–H groups in total. The number of phenolic OH excluding ortho intramolecular Hbond substituents is 2. The molecule has 0 fully saturated rings. The van der Waals surface area contributed by atoms with Crippen molar-refractivity contribution in [3.63, 3.8) is 0 Å². The Morgan fingerprint density at radius 2 is 1.11 bits per heavy atom. The zero-order valence-electron chi connectivity index (χ0n) is 15.1. The highest BCUT2D eigenvalue weighted by Gasteiger charge is 2.17. The lowest BCUT2D eigenvalue weighted by Gasteiger charge is -2.19. The maximum absolute atomic E-state index is 10.1.